The number of amides is 1. The summed E-state index contributed by atoms with van der Waals surface area (Å²) in [6.07, 6.45) is 1.92. The van der Waals surface area contributed by atoms with Gasteiger partial charge in [-0.25, -0.2) is 4.98 Å². The summed E-state index contributed by atoms with van der Waals surface area (Å²) >= 11 is 1.13. The Bertz CT molecular complexity index is 1230. The number of nitrogens with one attached hydrogen (secondary N) is 1. The van der Waals surface area contributed by atoms with Gasteiger partial charge in [0.2, 0.25) is 5.91 Å². The van der Waals surface area contributed by atoms with Crippen molar-refractivity contribution in [3.05, 3.63) is 52.6 Å². The number of carbonyl (C=O) groups is 2. The van der Waals surface area contributed by atoms with Gasteiger partial charge in [-0.05, 0) is 44.2 Å². The molecule has 2 heterocycles. The van der Waals surface area contributed by atoms with E-state index in [0.29, 0.717) is 47.0 Å². The Balaban J connectivity index is 1.94. The second-order valence-corrected chi connectivity index (χ2v) is 10.5. The zero-order valence-electron chi connectivity index (χ0n) is 21.6. The maximum atomic E-state index is 12.4. The van der Waals surface area contributed by atoms with Crippen LogP contribution in [0.4, 0.5) is 5.82 Å². The van der Waals surface area contributed by atoms with Crippen molar-refractivity contribution in [2.75, 3.05) is 25.1 Å². The zero-order valence-corrected chi connectivity index (χ0v) is 22.4. The van der Waals surface area contributed by atoms with E-state index in [1.54, 1.807) is 13.8 Å². The SMILES string of the molecule is CCc1c(C#N)c(SC(C(N)=O)c2ccccc2)nc(N2CCC(NC(C)(C)C(=O)OC)CC2)c1C#N. The minimum atomic E-state index is -0.813. The summed E-state index contributed by atoms with van der Waals surface area (Å²) in [5.41, 5.74) is 6.93. The summed E-state index contributed by atoms with van der Waals surface area (Å²) in [5, 5.41) is 23.1. The number of primary amides is 1. The molecule has 1 unspecified atom stereocenters. The van der Waals surface area contributed by atoms with Crippen LogP contribution < -0.4 is 16.0 Å². The van der Waals surface area contributed by atoms with Crippen LogP contribution in [0, 0.1) is 22.7 Å². The Kier molecular flexibility index (Phi) is 9.14. The number of benzene rings is 1. The number of thioether (sulfide) groups is 1. The molecule has 9 nitrogen and oxygen atoms in total. The fraction of sp³-hybridized carbons (Fsp3) is 0.444. The first-order valence-electron chi connectivity index (χ1n) is 12.2. The molecule has 3 rings (SSSR count). The highest BCUT2D eigenvalue weighted by molar-refractivity contribution is 8.00. The molecule has 1 aromatic heterocycles. The van der Waals surface area contributed by atoms with Crippen LogP contribution in [0.3, 0.4) is 0 Å². The van der Waals surface area contributed by atoms with E-state index in [-0.39, 0.29) is 12.0 Å². The Morgan fingerprint density at radius 3 is 2.35 bits per heavy atom. The molecule has 1 aliphatic rings. The molecule has 1 atom stereocenters. The molecule has 0 bridgehead atoms. The zero-order chi connectivity index (χ0) is 27.2. The molecule has 0 aliphatic carbocycles. The summed E-state index contributed by atoms with van der Waals surface area (Å²) in [6.45, 7) is 6.69. The second kappa shape index (κ2) is 12.1. The smallest absolute Gasteiger partial charge is 0.325 e. The second-order valence-electron chi connectivity index (χ2n) is 9.38. The van der Waals surface area contributed by atoms with Gasteiger partial charge in [0.05, 0.1) is 18.2 Å². The van der Waals surface area contributed by atoms with Crippen molar-refractivity contribution in [1.29, 1.82) is 10.5 Å². The molecule has 10 heteroatoms. The van der Waals surface area contributed by atoms with Gasteiger partial charge in [-0.15, -0.1) is 0 Å². The third kappa shape index (κ3) is 6.22. The van der Waals surface area contributed by atoms with E-state index in [4.69, 9.17) is 15.5 Å². The molecular formula is C27H32N6O3S. The number of hydrogen-bond acceptors (Lipinski definition) is 9. The number of nitriles is 2. The monoisotopic (exact) mass is 520 g/mol. The summed E-state index contributed by atoms with van der Waals surface area (Å²) in [6, 6.07) is 13.7. The minimum absolute atomic E-state index is 0.0890. The first kappa shape index (κ1) is 28.0. The molecule has 0 saturated carbocycles. The standard InChI is InChI=1S/C27H32N6O3S/c1-5-19-20(15-28)24(33-13-11-18(12-14-33)32-27(2,3)26(35)36-4)31-25(21(19)16-29)37-22(23(30)34)17-9-7-6-8-10-17/h6-10,18,22,32H,5,11-14H2,1-4H3,(H2,30,34). The highest BCUT2D eigenvalue weighted by Gasteiger charge is 2.34. The lowest BCUT2D eigenvalue weighted by molar-refractivity contribution is -0.147. The van der Waals surface area contributed by atoms with Crippen molar-refractivity contribution < 1.29 is 14.3 Å². The molecule has 194 valence electrons. The van der Waals surface area contributed by atoms with E-state index >= 15 is 0 Å². The van der Waals surface area contributed by atoms with Crippen molar-refractivity contribution in [3.63, 3.8) is 0 Å². The minimum Gasteiger partial charge on any atom is -0.468 e. The maximum absolute atomic E-state index is 12.4. The third-order valence-electron chi connectivity index (χ3n) is 6.47. The van der Waals surface area contributed by atoms with Crippen molar-refractivity contribution in [1.82, 2.24) is 10.3 Å². The Morgan fingerprint density at radius 1 is 1.22 bits per heavy atom. The predicted molar refractivity (Wildman–Crippen MR) is 142 cm³/mol. The summed E-state index contributed by atoms with van der Waals surface area (Å²) in [5.74, 6) is -0.360. The van der Waals surface area contributed by atoms with Crippen LogP contribution in [-0.4, -0.2) is 48.6 Å². The number of rotatable bonds is 9. The van der Waals surface area contributed by atoms with Crippen LogP contribution in [-0.2, 0) is 20.7 Å². The molecule has 37 heavy (non-hydrogen) atoms. The lowest BCUT2D eigenvalue weighted by Gasteiger charge is -2.37. The number of hydrogen-bond donors (Lipinski definition) is 2. The van der Waals surface area contributed by atoms with Crippen LogP contribution >= 0.6 is 11.8 Å². The van der Waals surface area contributed by atoms with Crippen molar-refractivity contribution in [2.24, 2.45) is 5.73 Å². The number of nitrogens with two attached hydrogens (primary N) is 1. The number of methoxy groups -OCH3 is 1. The largest absolute Gasteiger partial charge is 0.468 e. The number of carbonyl (C=O) groups excluding carboxylic acids is 2. The third-order valence-corrected chi connectivity index (χ3v) is 7.73. The molecule has 1 saturated heterocycles. The van der Waals surface area contributed by atoms with E-state index < -0.39 is 16.7 Å². The molecule has 1 amide bonds. The predicted octanol–water partition coefficient (Wildman–Crippen LogP) is 3.22. The van der Waals surface area contributed by atoms with E-state index in [0.717, 1.165) is 30.2 Å². The van der Waals surface area contributed by atoms with E-state index in [1.807, 2.05) is 42.2 Å². The van der Waals surface area contributed by atoms with Crippen LogP contribution in [0.1, 0.15) is 61.1 Å². The normalized spacial score (nSPS) is 14.9. The first-order valence-corrected chi connectivity index (χ1v) is 13.0. The summed E-state index contributed by atoms with van der Waals surface area (Å²) < 4.78 is 4.90. The Labute approximate surface area is 222 Å². The molecule has 1 fully saturated rings. The van der Waals surface area contributed by atoms with Gasteiger partial charge < -0.3 is 15.4 Å². The fourth-order valence-corrected chi connectivity index (χ4v) is 5.65. The molecular weight excluding hydrogens is 488 g/mol. The number of pyridine rings is 1. The average molecular weight is 521 g/mol. The average Bonchev–Trinajstić information content (AvgIpc) is 2.90. The number of aromatic nitrogens is 1. The van der Waals surface area contributed by atoms with Crippen molar-refractivity contribution in [3.8, 4) is 12.1 Å². The number of nitrogens with zero attached hydrogens (tertiary/aromatic N) is 4. The van der Waals surface area contributed by atoms with Crippen molar-refractivity contribution >= 4 is 29.5 Å². The van der Waals surface area contributed by atoms with Gasteiger partial charge in [0.25, 0.3) is 0 Å². The van der Waals surface area contributed by atoms with E-state index in [2.05, 4.69) is 17.5 Å². The van der Waals surface area contributed by atoms with Crippen LogP contribution in [0.5, 0.6) is 0 Å². The van der Waals surface area contributed by atoms with Crippen LogP contribution in [0.2, 0.25) is 0 Å². The molecule has 1 aromatic carbocycles. The quantitative estimate of drug-likeness (QED) is 0.376. The number of ether oxygens (including phenoxy) is 1. The highest BCUT2D eigenvalue weighted by Crippen LogP contribution is 2.40. The van der Waals surface area contributed by atoms with Gasteiger partial charge in [-0.2, -0.15) is 10.5 Å². The molecule has 0 radical (unpaired) electrons. The van der Waals surface area contributed by atoms with Gasteiger partial charge in [0.1, 0.15) is 33.8 Å². The van der Waals surface area contributed by atoms with Gasteiger partial charge in [-0.3, -0.25) is 14.9 Å². The van der Waals surface area contributed by atoms with Gasteiger partial charge in [0, 0.05) is 19.1 Å². The van der Waals surface area contributed by atoms with E-state index in [1.165, 1.54) is 7.11 Å². The lowest BCUT2D eigenvalue weighted by Crippen LogP contribution is -2.55. The fourth-order valence-electron chi connectivity index (χ4n) is 4.59. The van der Waals surface area contributed by atoms with Gasteiger partial charge in [-0.1, -0.05) is 49.0 Å². The van der Waals surface area contributed by atoms with Crippen LogP contribution in [0.15, 0.2) is 35.4 Å². The molecule has 1 aliphatic heterocycles. The van der Waals surface area contributed by atoms with Gasteiger partial charge in [0.15, 0.2) is 0 Å². The Hall–Kier alpha value is -3.60. The molecule has 2 aromatic rings. The first-order chi connectivity index (χ1) is 17.7. The number of esters is 1. The van der Waals surface area contributed by atoms with Crippen molar-refractivity contribution in [2.45, 2.75) is 61.9 Å². The topological polar surface area (TPSA) is 145 Å². The highest BCUT2D eigenvalue weighted by atomic mass is 32.2. The molecule has 3 N–H and O–H groups in total. The van der Waals surface area contributed by atoms with Gasteiger partial charge >= 0.3 is 5.97 Å². The summed E-state index contributed by atoms with van der Waals surface area (Å²) in [7, 11) is 1.37. The number of anilines is 1. The Morgan fingerprint density at radius 2 is 1.84 bits per heavy atom. The lowest BCUT2D eigenvalue weighted by atomic mass is 9.97. The number of piperidine rings is 1. The van der Waals surface area contributed by atoms with E-state index in [9.17, 15) is 20.1 Å². The maximum Gasteiger partial charge on any atom is 0.325 e. The summed E-state index contributed by atoms with van der Waals surface area (Å²) in [4.78, 5) is 31.3. The van der Waals surface area contributed by atoms with Crippen LogP contribution in [0.25, 0.3) is 0 Å². The molecule has 0 spiro atoms.